The Morgan fingerprint density at radius 1 is 0.930 bits per heavy atom. The number of piperidine rings is 1. The van der Waals surface area contributed by atoms with Crippen LogP contribution in [0.15, 0.2) is 66.9 Å². The predicted molar refractivity (Wildman–Crippen MR) is 163 cm³/mol. The lowest BCUT2D eigenvalue weighted by molar-refractivity contribution is -0.143. The van der Waals surface area contributed by atoms with Gasteiger partial charge in [-0.05, 0) is 62.1 Å². The van der Waals surface area contributed by atoms with E-state index < -0.39 is 12.1 Å². The summed E-state index contributed by atoms with van der Waals surface area (Å²) in [7, 11) is 0. The van der Waals surface area contributed by atoms with Gasteiger partial charge < -0.3 is 19.7 Å². The van der Waals surface area contributed by atoms with E-state index >= 15 is 0 Å². The van der Waals surface area contributed by atoms with Crippen LogP contribution < -0.4 is 5.32 Å². The summed E-state index contributed by atoms with van der Waals surface area (Å²) >= 11 is 0. The molecule has 1 fully saturated rings. The van der Waals surface area contributed by atoms with Gasteiger partial charge in [-0.1, -0.05) is 48.5 Å². The van der Waals surface area contributed by atoms with Crippen LogP contribution in [0.5, 0.6) is 0 Å². The second-order valence-electron chi connectivity index (χ2n) is 11.6. The van der Waals surface area contributed by atoms with Crippen molar-refractivity contribution in [1.82, 2.24) is 34.4 Å². The molecule has 2 aromatic carbocycles. The Bertz CT molecular complexity index is 1590. The van der Waals surface area contributed by atoms with Crippen LogP contribution in [0.4, 0.5) is 0 Å². The maximum atomic E-state index is 13.7. The molecule has 4 heterocycles. The SMILES string of the molecule is Cc1nc2n(n1)CCN(C(=O)Cn1ccc3ccccc31)CCCC(=O)N1CCCC[C@H]1C(=O)N[C@@H]2Cc1ccccc1. The lowest BCUT2D eigenvalue weighted by atomic mass is 9.99. The van der Waals surface area contributed by atoms with Crippen molar-refractivity contribution < 1.29 is 14.4 Å². The zero-order valence-corrected chi connectivity index (χ0v) is 24.7. The summed E-state index contributed by atoms with van der Waals surface area (Å²) in [6.45, 7) is 3.92. The van der Waals surface area contributed by atoms with E-state index in [1.165, 1.54) is 0 Å². The first kappa shape index (κ1) is 28.6. The van der Waals surface area contributed by atoms with Crippen molar-refractivity contribution in [3.63, 3.8) is 0 Å². The molecule has 2 aliphatic heterocycles. The van der Waals surface area contributed by atoms with Gasteiger partial charge in [0.2, 0.25) is 17.7 Å². The lowest BCUT2D eigenvalue weighted by Crippen LogP contribution is -2.53. The standard InChI is InChI=1S/C33H39N7O3/c1-24-34-32-27(22-25-10-3-2-4-11-25)35-33(43)29-14-7-8-18-39(29)30(41)15-9-17-37(20-21-40(32)36-24)31(42)23-38-19-16-26-12-5-6-13-28(26)38/h2-6,10-13,16,19,27,29H,7-9,14-15,17-18,20-23H2,1H3,(H,35,43)/t27-,29+/m1/s1. The number of aromatic nitrogens is 4. The molecular weight excluding hydrogens is 542 g/mol. The highest BCUT2D eigenvalue weighted by Gasteiger charge is 2.34. The second-order valence-corrected chi connectivity index (χ2v) is 11.6. The van der Waals surface area contributed by atoms with Gasteiger partial charge in [0, 0.05) is 37.8 Å². The summed E-state index contributed by atoms with van der Waals surface area (Å²) in [6, 6.07) is 19.1. The van der Waals surface area contributed by atoms with E-state index in [1.54, 1.807) is 4.90 Å². The summed E-state index contributed by atoms with van der Waals surface area (Å²) in [5.74, 6) is 1.08. The molecule has 2 aliphatic rings. The third-order valence-electron chi connectivity index (χ3n) is 8.58. The third-order valence-corrected chi connectivity index (χ3v) is 8.58. The van der Waals surface area contributed by atoms with Crippen molar-refractivity contribution in [3.8, 4) is 0 Å². The molecule has 0 radical (unpaired) electrons. The van der Waals surface area contributed by atoms with Crippen LogP contribution in [-0.2, 0) is 33.9 Å². The fourth-order valence-electron chi connectivity index (χ4n) is 6.39. The Balaban J connectivity index is 1.31. The number of carbonyl (C=O) groups is 3. The molecule has 0 spiro atoms. The number of rotatable bonds is 4. The Hall–Kier alpha value is -4.47. The Morgan fingerprint density at radius 2 is 1.74 bits per heavy atom. The average molecular weight is 582 g/mol. The minimum absolute atomic E-state index is 0.00993. The molecule has 0 aliphatic carbocycles. The van der Waals surface area contributed by atoms with Crippen LogP contribution in [0.2, 0.25) is 0 Å². The molecule has 6 rings (SSSR count). The van der Waals surface area contributed by atoms with Crippen LogP contribution in [0, 0.1) is 6.92 Å². The molecule has 10 heteroatoms. The normalized spacial score (nSPS) is 20.3. The van der Waals surface area contributed by atoms with Gasteiger partial charge in [0.1, 0.15) is 24.2 Å². The summed E-state index contributed by atoms with van der Waals surface area (Å²) in [5.41, 5.74) is 2.08. The zero-order chi connectivity index (χ0) is 29.8. The second kappa shape index (κ2) is 12.8. The number of amides is 3. The molecule has 0 saturated carbocycles. The van der Waals surface area contributed by atoms with Crippen molar-refractivity contribution in [2.45, 2.75) is 70.6 Å². The van der Waals surface area contributed by atoms with Gasteiger partial charge in [0.25, 0.3) is 0 Å². The largest absolute Gasteiger partial charge is 0.344 e. The van der Waals surface area contributed by atoms with E-state index in [9.17, 15) is 14.4 Å². The molecule has 0 unspecified atom stereocenters. The first-order valence-corrected chi connectivity index (χ1v) is 15.3. The number of hydrogen-bond donors (Lipinski definition) is 1. The molecular formula is C33H39N7O3. The minimum Gasteiger partial charge on any atom is -0.344 e. The van der Waals surface area contributed by atoms with Crippen LogP contribution >= 0.6 is 0 Å². The first-order chi connectivity index (χ1) is 21.0. The summed E-state index contributed by atoms with van der Waals surface area (Å²) in [6.07, 6.45) is 5.72. The van der Waals surface area contributed by atoms with E-state index in [-0.39, 0.29) is 24.3 Å². The molecule has 2 atom stereocenters. The van der Waals surface area contributed by atoms with E-state index in [0.717, 1.165) is 29.3 Å². The number of fused-ring (bicyclic) bond motifs is 3. The number of carbonyl (C=O) groups excluding carboxylic acids is 3. The number of nitrogens with one attached hydrogen (secondary N) is 1. The van der Waals surface area contributed by atoms with E-state index in [2.05, 4.69) is 10.4 Å². The van der Waals surface area contributed by atoms with Gasteiger partial charge in [0.15, 0.2) is 0 Å². The summed E-state index contributed by atoms with van der Waals surface area (Å²) in [5, 5.41) is 9.03. The highest BCUT2D eigenvalue weighted by Crippen LogP contribution is 2.23. The van der Waals surface area contributed by atoms with E-state index in [0.29, 0.717) is 63.5 Å². The minimum atomic E-state index is -0.514. The van der Waals surface area contributed by atoms with Gasteiger partial charge in [-0.15, -0.1) is 0 Å². The van der Waals surface area contributed by atoms with Gasteiger partial charge in [-0.2, -0.15) is 5.10 Å². The fraction of sp³-hybridized carbons (Fsp3) is 0.424. The van der Waals surface area contributed by atoms with Crippen LogP contribution in [-0.4, -0.2) is 72.5 Å². The summed E-state index contributed by atoms with van der Waals surface area (Å²) in [4.78, 5) is 49.3. The summed E-state index contributed by atoms with van der Waals surface area (Å²) < 4.78 is 3.81. The average Bonchev–Trinajstić information content (AvgIpc) is 3.61. The van der Waals surface area contributed by atoms with Crippen molar-refractivity contribution in [2.24, 2.45) is 0 Å². The molecule has 4 aromatic rings. The van der Waals surface area contributed by atoms with Gasteiger partial charge >= 0.3 is 0 Å². The van der Waals surface area contributed by atoms with Gasteiger partial charge in [-0.25, -0.2) is 9.67 Å². The van der Waals surface area contributed by atoms with E-state index in [1.807, 2.05) is 87.9 Å². The molecule has 0 bridgehead atoms. The van der Waals surface area contributed by atoms with E-state index in [4.69, 9.17) is 4.98 Å². The topological polar surface area (TPSA) is 105 Å². The van der Waals surface area contributed by atoms with Crippen LogP contribution in [0.1, 0.15) is 55.4 Å². The molecule has 1 saturated heterocycles. The Kier molecular flexibility index (Phi) is 8.53. The number of nitrogens with zero attached hydrogens (tertiary/aromatic N) is 6. The van der Waals surface area contributed by atoms with Crippen molar-refractivity contribution in [3.05, 3.63) is 84.1 Å². The molecule has 1 N–H and O–H groups in total. The van der Waals surface area contributed by atoms with Crippen molar-refractivity contribution >= 4 is 28.6 Å². The molecule has 3 amide bonds. The molecule has 2 aromatic heterocycles. The van der Waals surface area contributed by atoms with Crippen LogP contribution in [0.3, 0.4) is 0 Å². The maximum absolute atomic E-state index is 13.7. The zero-order valence-electron chi connectivity index (χ0n) is 24.7. The molecule has 43 heavy (non-hydrogen) atoms. The van der Waals surface area contributed by atoms with Gasteiger partial charge in [-0.3, -0.25) is 14.4 Å². The molecule has 10 nitrogen and oxygen atoms in total. The Morgan fingerprint density at radius 3 is 2.60 bits per heavy atom. The van der Waals surface area contributed by atoms with Crippen molar-refractivity contribution in [1.29, 1.82) is 0 Å². The smallest absolute Gasteiger partial charge is 0.243 e. The quantitative estimate of drug-likeness (QED) is 0.396. The number of hydrogen-bond acceptors (Lipinski definition) is 5. The van der Waals surface area contributed by atoms with Crippen molar-refractivity contribution in [2.75, 3.05) is 19.6 Å². The number of para-hydroxylation sites is 1. The van der Waals surface area contributed by atoms with Gasteiger partial charge in [0.05, 0.1) is 12.6 Å². The highest BCUT2D eigenvalue weighted by atomic mass is 16.2. The maximum Gasteiger partial charge on any atom is 0.243 e. The third kappa shape index (κ3) is 6.48. The lowest BCUT2D eigenvalue weighted by Gasteiger charge is -2.36. The number of aryl methyl sites for hydroxylation is 1. The molecule has 224 valence electrons. The predicted octanol–water partition coefficient (Wildman–Crippen LogP) is 3.64. The fourth-order valence-corrected chi connectivity index (χ4v) is 6.39. The number of benzene rings is 2. The highest BCUT2D eigenvalue weighted by molar-refractivity contribution is 5.88. The Labute approximate surface area is 251 Å². The monoisotopic (exact) mass is 581 g/mol. The van der Waals surface area contributed by atoms with Crippen LogP contribution in [0.25, 0.3) is 10.9 Å². The first-order valence-electron chi connectivity index (χ1n) is 15.3.